The number of rotatable bonds is 3. The highest BCUT2D eigenvalue weighted by molar-refractivity contribution is 7.99. The summed E-state index contributed by atoms with van der Waals surface area (Å²) in [5.74, 6) is 2.61. The van der Waals surface area contributed by atoms with Crippen molar-refractivity contribution in [3.63, 3.8) is 0 Å². The SMILES string of the molecule is O=C(O)Cc1ncc(C2CCCSC2)[nH]1. The molecule has 1 unspecified atom stereocenters. The number of H-pyrrole nitrogens is 1. The molecule has 0 radical (unpaired) electrons. The molecule has 1 aliphatic heterocycles. The van der Waals surface area contributed by atoms with Crippen LogP contribution in [0.25, 0.3) is 0 Å². The van der Waals surface area contributed by atoms with Crippen LogP contribution in [0.15, 0.2) is 6.20 Å². The van der Waals surface area contributed by atoms with Crippen molar-refractivity contribution in [3.8, 4) is 0 Å². The second-order valence-corrected chi connectivity index (χ2v) is 4.92. The molecule has 1 fully saturated rings. The second kappa shape index (κ2) is 4.70. The van der Waals surface area contributed by atoms with Gasteiger partial charge in [0.2, 0.25) is 0 Å². The van der Waals surface area contributed by atoms with Crippen LogP contribution in [-0.4, -0.2) is 32.5 Å². The van der Waals surface area contributed by atoms with E-state index < -0.39 is 5.97 Å². The summed E-state index contributed by atoms with van der Waals surface area (Å²) in [5.41, 5.74) is 1.10. The summed E-state index contributed by atoms with van der Waals surface area (Å²) in [4.78, 5) is 17.7. The van der Waals surface area contributed by atoms with Gasteiger partial charge in [-0.15, -0.1) is 0 Å². The van der Waals surface area contributed by atoms with E-state index in [1.165, 1.54) is 18.6 Å². The average molecular weight is 226 g/mol. The van der Waals surface area contributed by atoms with Gasteiger partial charge in [-0.2, -0.15) is 11.8 Å². The molecule has 0 saturated carbocycles. The van der Waals surface area contributed by atoms with Crippen LogP contribution in [-0.2, 0) is 11.2 Å². The maximum absolute atomic E-state index is 10.5. The first-order chi connectivity index (χ1) is 7.25. The minimum absolute atomic E-state index is 0.0140. The molecule has 1 saturated heterocycles. The first kappa shape index (κ1) is 10.5. The summed E-state index contributed by atoms with van der Waals surface area (Å²) >= 11 is 1.96. The number of carbonyl (C=O) groups is 1. The predicted octanol–water partition coefficient (Wildman–Crippen LogP) is 1.65. The summed E-state index contributed by atoms with van der Waals surface area (Å²) in [7, 11) is 0. The van der Waals surface area contributed by atoms with Crippen LogP contribution in [0.3, 0.4) is 0 Å². The molecule has 1 atom stereocenters. The molecule has 15 heavy (non-hydrogen) atoms. The van der Waals surface area contributed by atoms with Crippen molar-refractivity contribution in [3.05, 3.63) is 17.7 Å². The fraction of sp³-hybridized carbons (Fsp3) is 0.600. The molecule has 2 heterocycles. The molecule has 5 heteroatoms. The van der Waals surface area contributed by atoms with E-state index in [1.807, 2.05) is 11.8 Å². The number of aliphatic carboxylic acids is 1. The van der Waals surface area contributed by atoms with E-state index in [1.54, 1.807) is 6.20 Å². The summed E-state index contributed by atoms with van der Waals surface area (Å²) in [5, 5.41) is 8.62. The standard InChI is InChI=1S/C10H14N2O2S/c13-10(14)4-9-11-5-8(12-9)7-2-1-3-15-6-7/h5,7H,1-4,6H2,(H,11,12)(H,13,14). The largest absolute Gasteiger partial charge is 0.481 e. The van der Waals surface area contributed by atoms with Crippen LogP contribution in [0.4, 0.5) is 0 Å². The highest BCUT2D eigenvalue weighted by Crippen LogP contribution is 2.29. The van der Waals surface area contributed by atoms with Crippen molar-refractivity contribution in [1.82, 2.24) is 9.97 Å². The normalized spacial score (nSPS) is 21.5. The van der Waals surface area contributed by atoms with E-state index in [2.05, 4.69) is 9.97 Å². The second-order valence-electron chi connectivity index (χ2n) is 3.77. The van der Waals surface area contributed by atoms with Crippen molar-refractivity contribution in [2.75, 3.05) is 11.5 Å². The van der Waals surface area contributed by atoms with Gasteiger partial charge in [-0.05, 0) is 18.6 Å². The average Bonchev–Trinajstić information content (AvgIpc) is 2.67. The molecule has 2 N–H and O–H groups in total. The van der Waals surface area contributed by atoms with Gasteiger partial charge in [0.15, 0.2) is 0 Å². The first-order valence-corrected chi connectivity index (χ1v) is 6.24. The van der Waals surface area contributed by atoms with Crippen LogP contribution in [0, 0.1) is 0 Å². The number of hydrogen-bond acceptors (Lipinski definition) is 3. The van der Waals surface area contributed by atoms with Crippen molar-refractivity contribution >= 4 is 17.7 Å². The van der Waals surface area contributed by atoms with E-state index >= 15 is 0 Å². The molecule has 1 aliphatic rings. The highest BCUT2D eigenvalue weighted by atomic mass is 32.2. The van der Waals surface area contributed by atoms with Gasteiger partial charge in [0.05, 0.1) is 0 Å². The highest BCUT2D eigenvalue weighted by Gasteiger charge is 2.18. The number of carboxylic acids is 1. The van der Waals surface area contributed by atoms with Gasteiger partial charge < -0.3 is 10.1 Å². The maximum Gasteiger partial charge on any atom is 0.311 e. The Bertz CT molecular complexity index is 345. The molecule has 2 rings (SSSR count). The molecule has 0 aromatic carbocycles. The van der Waals surface area contributed by atoms with Crippen LogP contribution in [0.1, 0.15) is 30.3 Å². The fourth-order valence-corrected chi connectivity index (χ4v) is 2.97. The Hall–Kier alpha value is -0.970. The lowest BCUT2D eigenvalue weighted by Crippen LogP contribution is -2.09. The first-order valence-electron chi connectivity index (χ1n) is 5.09. The van der Waals surface area contributed by atoms with Crippen LogP contribution >= 0.6 is 11.8 Å². The number of nitrogens with one attached hydrogen (secondary N) is 1. The van der Waals surface area contributed by atoms with Gasteiger partial charge in [0, 0.05) is 23.6 Å². The number of nitrogens with zero attached hydrogens (tertiary/aromatic N) is 1. The summed E-state index contributed by atoms with van der Waals surface area (Å²) in [6, 6.07) is 0. The molecule has 0 spiro atoms. The Morgan fingerprint density at radius 1 is 1.73 bits per heavy atom. The van der Waals surface area contributed by atoms with Crippen LogP contribution < -0.4 is 0 Å². The third kappa shape index (κ3) is 2.75. The summed E-state index contributed by atoms with van der Waals surface area (Å²) in [6.07, 6.45) is 4.19. The minimum atomic E-state index is -0.839. The van der Waals surface area contributed by atoms with Crippen molar-refractivity contribution in [2.24, 2.45) is 0 Å². The van der Waals surface area contributed by atoms with Gasteiger partial charge in [0.25, 0.3) is 0 Å². The van der Waals surface area contributed by atoms with E-state index in [9.17, 15) is 4.79 Å². The number of carboxylic acid groups (broad SMARTS) is 1. The Balaban J connectivity index is 2.02. The van der Waals surface area contributed by atoms with Crippen molar-refractivity contribution < 1.29 is 9.90 Å². The number of thioether (sulfide) groups is 1. The van der Waals surface area contributed by atoms with Crippen LogP contribution in [0.2, 0.25) is 0 Å². The van der Waals surface area contributed by atoms with Gasteiger partial charge in [0.1, 0.15) is 12.2 Å². The minimum Gasteiger partial charge on any atom is -0.481 e. The fourth-order valence-electron chi connectivity index (χ4n) is 1.81. The summed E-state index contributed by atoms with van der Waals surface area (Å²) in [6.45, 7) is 0. The smallest absolute Gasteiger partial charge is 0.311 e. The Morgan fingerprint density at radius 3 is 3.27 bits per heavy atom. The zero-order valence-electron chi connectivity index (χ0n) is 8.40. The Kier molecular flexibility index (Phi) is 3.30. The van der Waals surface area contributed by atoms with E-state index in [0.717, 1.165) is 11.4 Å². The molecule has 0 aliphatic carbocycles. The summed E-state index contributed by atoms with van der Waals surface area (Å²) < 4.78 is 0. The third-order valence-corrected chi connectivity index (χ3v) is 3.78. The molecule has 82 valence electrons. The predicted molar refractivity (Wildman–Crippen MR) is 59.2 cm³/mol. The van der Waals surface area contributed by atoms with E-state index in [-0.39, 0.29) is 6.42 Å². The molecule has 0 amide bonds. The molecule has 1 aromatic heterocycles. The van der Waals surface area contributed by atoms with Gasteiger partial charge in [-0.25, -0.2) is 4.98 Å². The third-order valence-electron chi connectivity index (χ3n) is 2.57. The maximum atomic E-state index is 10.5. The Morgan fingerprint density at radius 2 is 2.60 bits per heavy atom. The topological polar surface area (TPSA) is 66.0 Å². The lowest BCUT2D eigenvalue weighted by molar-refractivity contribution is -0.136. The number of imidazole rings is 1. The van der Waals surface area contributed by atoms with Crippen LogP contribution in [0.5, 0.6) is 0 Å². The zero-order valence-corrected chi connectivity index (χ0v) is 9.22. The molecular formula is C10H14N2O2S. The molecular weight excluding hydrogens is 212 g/mol. The quantitative estimate of drug-likeness (QED) is 0.822. The zero-order chi connectivity index (χ0) is 10.7. The molecule has 1 aromatic rings. The number of hydrogen-bond donors (Lipinski definition) is 2. The monoisotopic (exact) mass is 226 g/mol. The lowest BCUT2D eigenvalue weighted by Gasteiger charge is -2.19. The van der Waals surface area contributed by atoms with E-state index in [0.29, 0.717) is 11.7 Å². The molecule has 4 nitrogen and oxygen atoms in total. The number of aromatic nitrogens is 2. The molecule has 0 bridgehead atoms. The van der Waals surface area contributed by atoms with Gasteiger partial charge in [-0.1, -0.05) is 0 Å². The lowest BCUT2D eigenvalue weighted by atomic mass is 10.0. The van der Waals surface area contributed by atoms with Gasteiger partial charge >= 0.3 is 5.97 Å². The van der Waals surface area contributed by atoms with Crippen molar-refractivity contribution in [2.45, 2.75) is 25.2 Å². The van der Waals surface area contributed by atoms with Crippen molar-refractivity contribution in [1.29, 1.82) is 0 Å². The van der Waals surface area contributed by atoms with Gasteiger partial charge in [-0.3, -0.25) is 4.79 Å². The Labute approximate surface area is 92.5 Å². The number of aromatic amines is 1. The van der Waals surface area contributed by atoms with E-state index in [4.69, 9.17) is 5.11 Å².